The molecule has 2 aromatic rings. The van der Waals surface area contributed by atoms with Crippen LogP contribution >= 0.6 is 0 Å². The molecule has 0 aromatic heterocycles. The molecule has 9 nitrogen and oxygen atoms in total. The summed E-state index contributed by atoms with van der Waals surface area (Å²) in [7, 11) is 4.38. The second-order valence-electron chi connectivity index (χ2n) is 7.22. The number of nitrogens with zero attached hydrogens (tertiary/aromatic N) is 2. The Labute approximate surface area is 186 Å². The van der Waals surface area contributed by atoms with Gasteiger partial charge < -0.3 is 29.3 Å². The van der Waals surface area contributed by atoms with E-state index in [1.54, 1.807) is 48.4 Å². The third-order valence-corrected chi connectivity index (χ3v) is 5.27. The van der Waals surface area contributed by atoms with Crippen molar-refractivity contribution in [2.45, 2.75) is 6.92 Å². The van der Waals surface area contributed by atoms with E-state index in [1.165, 1.54) is 21.1 Å². The SMILES string of the molecule is COC(=O)c1cccc(NC(C)=O)c1N1CCN(C(=O)c2ccc(OC)c(OC)c2)CC1. The lowest BCUT2D eigenvalue weighted by Crippen LogP contribution is -2.49. The number of ether oxygens (including phenoxy) is 3. The van der Waals surface area contributed by atoms with E-state index in [0.29, 0.717) is 60.2 Å². The third-order valence-electron chi connectivity index (χ3n) is 5.27. The van der Waals surface area contributed by atoms with E-state index in [1.807, 2.05) is 4.90 Å². The number of carbonyl (C=O) groups excluding carboxylic acids is 3. The van der Waals surface area contributed by atoms with Crippen molar-refractivity contribution in [2.24, 2.45) is 0 Å². The molecule has 170 valence electrons. The van der Waals surface area contributed by atoms with Crippen LogP contribution in [-0.2, 0) is 9.53 Å². The van der Waals surface area contributed by atoms with Gasteiger partial charge in [0.25, 0.3) is 5.91 Å². The highest BCUT2D eigenvalue weighted by Gasteiger charge is 2.27. The molecule has 1 saturated heterocycles. The molecular weight excluding hydrogens is 414 g/mol. The quantitative estimate of drug-likeness (QED) is 0.688. The Hall–Kier alpha value is -3.75. The van der Waals surface area contributed by atoms with Gasteiger partial charge in [0.05, 0.1) is 38.3 Å². The van der Waals surface area contributed by atoms with Crippen molar-refractivity contribution >= 4 is 29.2 Å². The van der Waals surface area contributed by atoms with E-state index >= 15 is 0 Å². The molecule has 0 aliphatic carbocycles. The van der Waals surface area contributed by atoms with Gasteiger partial charge in [0, 0.05) is 38.7 Å². The molecule has 1 fully saturated rings. The van der Waals surface area contributed by atoms with Gasteiger partial charge in [-0.15, -0.1) is 0 Å². The minimum atomic E-state index is -0.490. The van der Waals surface area contributed by atoms with E-state index < -0.39 is 5.97 Å². The van der Waals surface area contributed by atoms with Crippen molar-refractivity contribution in [3.63, 3.8) is 0 Å². The van der Waals surface area contributed by atoms with Crippen LogP contribution in [0.2, 0.25) is 0 Å². The Kier molecular flexibility index (Phi) is 7.19. The number of amides is 2. The average Bonchev–Trinajstić information content (AvgIpc) is 2.82. The molecule has 2 aromatic carbocycles. The van der Waals surface area contributed by atoms with Crippen LogP contribution in [0.5, 0.6) is 11.5 Å². The number of carbonyl (C=O) groups is 3. The van der Waals surface area contributed by atoms with Crippen molar-refractivity contribution in [1.29, 1.82) is 0 Å². The molecule has 32 heavy (non-hydrogen) atoms. The molecule has 1 heterocycles. The maximum absolute atomic E-state index is 13.0. The summed E-state index contributed by atoms with van der Waals surface area (Å²) in [4.78, 5) is 40.8. The molecule has 3 rings (SSSR count). The summed E-state index contributed by atoms with van der Waals surface area (Å²) in [6.07, 6.45) is 0. The second kappa shape index (κ2) is 10.0. The van der Waals surface area contributed by atoms with Gasteiger partial charge >= 0.3 is 5.97 Å². The summed E-state index contributed by atoms with van der Waals surface area (Å²) in [6.45, 7) is 3.28. The molecule has 9 heteroatoms. The summed E-state index contributed by atoms with van der Waals surface area (Å²) in [5.41, 5.74) is 1.98. The average molecular weight is 441 g/mol. The van der Waals surface area contributed by atoms with Crippen molar-refractivity contribution < 1.29 is 28.6 Å². The molecule has 0 atom stereocenters. The topological polar surface area (TPSA) is 97.4 Å². The van der Waals surface area contributed by atoms with Gasteiger partial charge in [0.2, 0.25) is 5.91 Å². The van der Waals surface area contributed by atoms with E-state index in [0.717, 1.165) is 0 Å². The number of rotatable bonds is 6. The summed E-state index contributed by atoms with van der Waals surface area (Å²) < 4.78 is 15.5. The highest BCUT2D eigenvalue weighted by Crippen LogP contribution is 2.32. The zero-order valence-electron chi connectivity index (χ0n) is 18.6. The van der Waals surface area contributed by atoms with Gasteiger partial charge in [0.15, 0.2) is 11.5 Å². The number of piperazine rings is 1. The van der Waals surface area contributed by atoms with E-state index in [2.05, 4.69) is 5.32 Å². The number of para-hydroxylation sites is 1. The van der Waals surface area contributed by atoms with Crippen LogP contribution in [0.1, 0.15) is 27.6 Å². The Bertz CT molecular complexity index is 1010. The molecule has 0 saturated carbocycles. The summed E-state index contributed by atoms with van der Waals surface area (Å²) in [6, 6.07) is 10.2. The van der Waals surface area contributed by atoms with E-state index in [4.69, 9.17) is 14.2 Å². The van der Waals surface area contributed by atoms with Crippen LogP contribution in [0, 0.1) is 0 Å². The molecule has 1 aliphatic heterocycles. The number of hydrogen-bond donors (Lipinski definition) is 1. The third kappa shape index (κ3) is 4.77. The van der Waals surface area contributed by atoms with Crippen molar-refractivity contribution in [3.8, 4) is 11.5 Å². The Balaban J connectivity index is 1.80. The monoisotopic (exact) mass is 441 g/mol. The van der Waals surface area contributed by atoms with Crippen LogP contribution in [0.4, 0.5) is 11.4 Å². The molecule has 1 aliphatic rings. The first-order chi connectivity index (χ1) is 15.4. The van der Waals surface area contributed by atoms with Crippen LogP contribution in [-0.4, -0.2) is 70.2 Å². The molecule has 0 radical (unpaired) electrons. The summed E-state index contributed by atoms with van der Waals surface area (Å²) in [5, 5.41) is 2.78. The molecule has 0 bridgehead atoms. The predicted molar refractivity (Wildman–Crippen MR) is 120 cm³/mol. The minimum absolute atomic E-state index is 0.117. The zero-order chi connectivity index (χ0) is 23.3. The van der Waals surface area contributed by atoms with Crippen molar-refractivity contribution in [1.82, 2.24) is 4.90 Å². The van der Waals surface area contributed by atoms with Gasteiger partial charge in [0.1, 0.15) is 0 Å². The minimum Gasteiger partial charge on any atom is -0.493 e. The second-order valence-corrected chi connectivity index (χ2v) is 7.22. The normalized spacial score (nSPS) is 13.4. The van der Waals surface area contributed by atoms with Crippen molar-refractivity contribution in [2.75, 3.05) is 57.7 Å². The standard InChI is InChI=1S/C23H27N3O6/c1-15(27)24-18-7-5-6-17(23(29)32-4)21(18)25-10-12-26(13-11-25)22(28)16-8-9-19(30-2)20(14-16)31-3/h5-9,14H,10-13H2,1-4H3,(H,24,27). The smallest absolute Gasteiger partial charge is 0.340 e. The Morgan fingerprint density at radius 1 is 0.906 bits per heavy atom. The van der Waals surface area contributed by atoms with Gasteiger partial charge in [-0.1, -0.05) is 6.07 Å². The van der Waals surface area contributed by atoms with Crippen LogP contribution < -0.4 is 19.7 Å². The highest BCUT2D eigenvalue weighted by atomic mass is 16.5. The first-order valence-corrected chi connectivity index (χ1v) is 10.1. The number of hydrogen-bond acceptors (Lipinski definition) is 7. The lowest BCUT2D eigenvalue weighted by atomic mass is 10.1. The number of nitrogens with one attached hydrogen (secondary N) is 1. The molecule has 1 N–H and O–H groups in total. The summed E-state index contributed by atoms with van der Waals surface area (Å²) in [5.74, 6) is 0.197. The number of anilines is 2. The Morgan fingerprint density at radius 3 is 2.19 bits per heavy atom. The van der Waals surface area contributed by atoms with E-state index in [9.17, 15) is 14.4 Å². The maximum Gasteiger partial charge on any atom is 0.340 e. The molecule has 0 spiro atoms. The van der Waals surface area contributed by atoms with Crippen LogP contribution in [0.25, 0.3) is 0 Å². The zero-order valence-corrected chi connectivity index (χ0v) is 18.6. The first-order valence-electron chi connectivity index (χ1n) is 10.1. The van der Waals surface area contributed by atoms with Gasteiger partial charge in [-0.3, -0.25) is 9.59 Å². The molecular formula is C23H27N3O6. The number of benzene rings is 2. The largest absolute Gasteiger partial charge is 0.493 e. The number of methoxy groups -OCH3 is 3. The fraction of sp³-hybridized carbons (Fsp3) is 0.348. The van der Waals surface area contributed by atoms with Gasteiger partial charge in [-0.2, -0.15) is 0 Å². The highest BCUT2D eigenvalue weighted by molar-refractivity contribution is 6.03. The summed E-state index contributed by atoms with van der Waals surface area (Å²) >= 11 is 0. The van der Waals surface area contributed by atoms with Crippen molar-refractivity contribution in [3.05, 3.63) is 47.5 Å². The van der Waals surface area contributed by atoms with Gasteiger partial charge in [-0.25, -0.2) is 4.79 Å². The van der Waals surface area contributed by atoms with Gasteiger partial charge in [-0.05, 0) is 30.3 Å². The molecule has 0 unspecified atom stereocenters. The fourth-order valence-electron chi connectivity index (χ4n) is 3.73. The van der Waals surface area contributed by atoms with E-state index in [-0.39, 0.29) is 11.8 Å². The Morgan fingerprint density at radius 2 is 1.59 bits per heavy atom. The van der Waals surface area contributed by atoms with Crippen LogP contribution in [0.3, 0.4) is 0 Å². The first kappa shape index (κ1) is 22.9. The predicted octanol–water partition coefficient (Wildman–Crippen LogP) is 2.41. The van der Waals surface area contributed by atoms with Crippen LogP contribution in [0.15, 0.2) is 36.4 Å². The molecule has 2 amide bonds. The lowest BCUT2D eigenvalue weighted by Gasteiger charge is -2.37. The maximum atomic E-state index is 13.0. The number of esters is 1. The lowest BCUT2D eigenvalue weighted by molar-refractivity contribution is -0.114. The fourth-order valence-corrected chi connectivity index (χ4v) is 3.73.